The minimum atomic E-state index is -0.965. The fourth-order valence-electron chi connectivity index (χ4n) is 4.13. The van der Waals surface area contributed by atoms with Crippen molar-refractivity contribution in [2.24, 2.45) is 0 Å². The van der Waals surface area contributed by atoms with Crippen molar-refractivity contribution in [3.05, 3.63) is 101 Å². The van der Waals surface area contributed by atoms with E-state index in [1.165, 1.54) is 31.3 Å². The van der Waals surface area contributed by atoms with Crippen molar-refractivity contribution < 1.29 is 34.1 Å². The molecule has 0 spiro atoms. The summed E-state index contributed by atoms with van der Waals surface area (Å²) in [6.45, 7) is 0.0229. The smallest absolute Gasteiger partial charge is 0.337 e. The van der Waals surface area contributed by atoms with Crippen molar-refractivity contribution >= 4 is 23.4 Å². The van der Waals surface area contributed by atoms with Crippen LogP contribution in [0.5, 0.6) is 11.5 Å². The first-order chi connectivity index (χ1) is 16.8. The number of aromatic hydroxyl groups is 1. The van der Waals surface area contributed by atoms with Crippen LogP contribution in [0.25, 0.3) is 5.76 Å². The first-order valence-corrected chi connectivity index (χ1v) is 10.7. The molecule has 8 heteroatoms. The highest BCUT2D eigenvalue weighted by Gasteiger charge is 2.46. The van der Waals surface area contributed by atoms with E-state index in [0.717, 1.165) is 0 Å². The van der Waals surface area contributed by atoms with Crippen molar-refractivity contribution in [1.82, 2.24) is 4.90 Å². The molecule has 1 unspecified atom stereocenters. The van der Waals surface area contributed by atoms with Gasteiger partial charge in [-0.2, -0.15) is 0 Å². The molecule has 0 aromatic heterocycles. The Bertz CT molecular complexity index is 1330. The van der Waals surface area contributed by atoms with Crippen molar-refractivity contribution in [3.63, 3.8) is 0 Å². The Morgan fingerprint density at radius 2 is 1.69 bits per heavy atom. The Morgan fingerprint density at radius 1 is 0.971 bits per heavy atom. The zero-order valence-electron chi connectivity index (χ0n) is 19.1. The quantitative estimate of drug-likeness (QED) is 0.242. The number of carbonyl (C=O) groups is 3. The molecule has 1 amide bonds. The summed E-state index contributed by atoms with van der Waals surface area (Å²) in [7, 11) is 2.72. The second-order valence-corrected chi connectivity index (χ2v) is 7.91. The molecule has 3 aromatic carbocycles. The third-order valence-corrected chi connectivity index (χ3v) is 5.82. The van der Waals surface area contributed by atoms with E-state index in [1.807, 2.05) is 0 Å². The number of likely N-dealkylation sites (tertiary alicyclic amines) is 1. The van der Waals surface area contributed by atoms with E-state index in [4.69, 9.17) is 9.47 Å². The minimum absolute atomic E-state index is 0.0229. The van der Waals surface area contributed by atoms with Gasteiger partial charge >= 0.3 is 5.97 Å². The van der Waals surface area contributed by atoms with Gasteiger partial charge in [-0.3, -0.25) is 9.59 Å². The summed E-state index contributed by atoms with van der Waals surface area (Å²) in [5.74, 6) is -2.23. The zero-order chi connectivity index (χ0) is 25.1. The number of methoxy groups -OCH3 is 2. The van der Waals surface area contributed by atoms with E-state index in [9.17, 15) is 24.6 Å². The average Bonchev–Trinajstić information content (AvgIpc) is 3.13. The summed E-state index contributed by atoms with van der Waals surface area (Å²) in [6.07, 6.45) is 0. The molecule has 1 fully saturated rings. The molecule has 2 N–H and O–H groups in total. The molecule has 0 bridgehead atoms. The fourth-order valence-corrected chi connectivity index (χ4v) is 4.13. The van der Waals surface area contributed by atoms with Crippen LogP contribution in [-0.4, -0.2) is 47.0 Å². The molecular weight excluding hydrogens is 450 g/mol. The van der Waals surface area contributed by atoms with Gasteiger partial charge in [0.15, 0.2) is 0 Å². The lowest BCUT2D eigenvalue weighted by Crippen LogP contribution is -2.29. The lowest BCUT2D eigenvalue weighted by molar-refractivity contribution is -0.140. The van der Waals surface area contributed by atoms with E-state index < -0.39 is 23.7 Å². The number of phenolic OH excluding ortho intramolecular Hbond substituents is 1. The fraction of sp³-hybridized carbons (Fsp3) is 0.148. The number of hydrogen-bond acceptors (Lipinski definition) is 7. The highest BCUT2D eigenvalue weighted by Crippen LogP contribution is 2.42. The SMILES string of the molecule is COC(=O)c1ccc(CN2C(=O)C(=O)/C(=C(/O)c3ccccc3OC)C2c2cccc(O)c2)cc1. The summed E-state index contributed by atoms with van der Waals surface area (Å²) < 4.78 is 10.0. The summed E-state index contributed by atoms with van der Waals surface area (Å²) in [5, 5.41) is 21.3. The normalized spacial score (nSPS) is 16.9. The van der Waals surface area contributed by atoms with Gasteiger partial charge in [-0.1, -0.05) is 36.4 Å². The molecule has 0 radical (unpaired) electrons. The predicted molar refractivity (Wildman–Crippen MR) is 127 cm³/mol. The summed E-state index contributed by atoms with van der Waals surface area (Å²) in [5.41, 5.74) is 1.60. The Kier molecular flexibility index (Phi) is 6.55. The highest BCUT2D eigenvalue weighted by molar-refractivity contribution is 6.46. The molecule has 1 saturated heterocycles. The number of ketones is 1. The largest absolute Gasteiger partial charge is 0.508 e. The number of Topliss-reactive ketones (excluding diaryl/α,β-unsaturated/α-hetero) is 1. The number of nitrogens with zero attached hydrogens (tertiary/aromatic N) is 1. The van der Waals surface area contributed by atoms with Crippen LogP contribution in [-0.2, 0) is 20.9 Å². The number of aliphatic hydroxyl groups excluding tert-OH is 1. The second kappa shape index (κ2) is 9.72. The standard InChI is InChI=1S/C27H23NO7/c1-34-21-9-4-3-8-20(21)24(30)22-23(18-6-5-7-19(29)14-18)28(26(32)25(22)31)15-16-10-12-17(13-11-16)27(33)35-2/h3-14,23,29-30H,15H2,1-2H3/b24-22+. The van der Waals surface area contributed by atoms with E-state index >= 15 is 0 Å². The Morgan fingerprint density at radius 3 is 2.34 bits per heavy atom. The van der Waals surface area contributed by atoms with Gasteiger partial charge in [0, 0.05) is 6.54 Å². The lowest BCUT2D eigenvalue weighted by Gasteiger charge is -2.25. The van der Waals surface area contributed by atoms with E-state index in [1.54, 1.807) is 60.7 Å². The van der Waals surface area contributed by atoms with Crippen LogP contribution in [0.4, 0.5) is 0 Å². The van der Waals surface area contributed by atoms with Crippen LogP contribution in [0, 0.1) is 0 Å². The van der Waals surface area contributed by atoms with Gasteiger partial charge in [-0.15, -0.1) is 0 Å². The van der Waals surface area contributed by atoms with Crippen molar-refractivity contribution in [2.75, 3.05) is 14.2 Å². The zero-order valence-corrected chi connectivity index (χ0v) is 19.1. The number of aliphatic hydroxyl groups is 1. The highest BCUT2D eigenvalue weighted by atomic mass is 16.5. The molecule has 0 saturated carbocycles. The van der Waals surface area contributed by atoms with E-state index in [0.29, 0.717) is 22.4 Å². The minimum Gasteiger partial charge on any atom is -0.508 e. The van der Waals surface area contributed by atoms with Crippen LogP contribution in [0.3, 0.4) is 0 Å². The first-order valence-electron chi connectivity index (χ1n) is 10.7. The summed E-state index contributed by atoms with van der Waals surface area (Å²) in [4.78, 5) is 39.4. The molecule has 1 aliphatic heterocycles. The average molecular weight is 473 g/mol. The van der Waals surface area contributed by atoms with Crippen LogP contribution < -0.4 is 4.74 Å². The van der Waals surface area contributed by atoms with Gasteiger partial charge in [-0.25, -0.2) is 4.79 Å². The number of hydrogen-bond donors (Lipinski definition) is 2. The molecular formula is C27H23NO7. The molecule has 3 aromatic rings. The Labute approximate surface area is 201 Å². The third kappa shape index (κ3) is 4.46. The number of para-hydroxylation sites is 1. The van der Waals surface area contributed by atoms with Gasteiger partial charge in [0.25, 0.3) is 11.7 Å². The van der Waals surface area contributed by atoms with Crippen molar-refractivity contribution in [1.29, 1.82) is 0 Å². The van der Waals surface area contributed by atoms with Crippen LogP contribution in [0.1, 0.15) is 33.1 Å². The summed E-state index contributed by atoms with van der Waals surface area (Å²) >= 11 is 0. The number of benzene rings is 3. The van der Waals surface area contributed by atoms with Gasteiger partial charge in [0.1, 0.15) is 17.3 Å². The van der Waals surface area contributed by atoms with Gasteiger partial charge in [-0.05, 0) is 47.5 Å². The van der Waals surface area contributed by atoms with Crippen molar-refractivity contribution in [2.45, 2.75) is 12.6 Å². The number of amides is 1. The molecule has 35 heavy (non-hydrogen) atoms. The number of rotatable bonds is 6. The van der Waals surface area contributed by atoms with E-state index in [2.05, 4.69) is 0 Å². The summed E-state index contributed by atoms with van der Waals surface area (Å²) in [6, 6.07) is 18.3. The predicted octanol–water partition coefficient (Wildman–Crippen LogP) is 3.81. The number of ether oxygens (including phenoxy) is 2. The topological polar surface area (TPSA) is 113 Å². The Hall–Kier alpha value is -4.59. The molecule has 1 atom stereocenters. The molecule has 4 rings (SSSR count). The van der Waals surface area contributed by atoms with Gasteiger partial charge in [0.2, 0.25) is 0 Å². The van der Waals surface area contributed by atoms with Gasteiger partial charge < -0.3 is 24.6 Å². The van der Waals surface area contributed by atoms with Crippen LogP contribution >= 0.6 is 0 Å². The van der Waals surface area contributed by atoms with Gasteiger partial charge in [0.05, 0.1) is 37.0 Å². The van der Waals surface area contributed by atoms with Crippen LogP contribution in [0.15, 0.2) is 78.4 Å². The van der Waals surface area contributed by atoms with Crippen molar-refractivity contribution in [3.8, 4) is 11.5 Å². The maximum Gasteiger partial charge on any atom is 0.337 e. The van der Waals surface area contributed by atoms with E-state index in [-0.39, 0.29) is 29.2 Å². The molecule has 0 aliphatic carbocycles. The molecule has 1 aliphatic rings. The maximum atomic E-state index is 13.2. The Balaban J connectivity index is 1.83. The van der Waals surface area contributed by atoms with Crippen LogP contribution in [0.2, 0.25) is 0 Å². The monoisotopic (exact) mass is 473 g/mol. The maximum absolute atomic E-state index is 13.2. The third-order valence-electron chi connectivity index (χ3n) is 5.82. The number of phenols is 1. The number of carbonyl (C=O) groups excluding carboxylic acids is 3. The number of esters is 1. The lowest BCUT2D eigenvalue weighted by atomic mass is 9.94. The molecule has 8 nitrogen and oxygen atoms in total. The first kappa shape index (κ1) is 23.6. The second-order valence-electron chi connectivity index (χ2n) is 7.91. The molecule has 178 valence electrons. The molecule has 1 heterocycles.